The van der Waals surface area contributed by atoms with E-state index < -0.39 is 0 Å². The van der Waals surface area contributed by atoms with Crippen LogP contribution in [-0.2, 0) is 4.74 Å². The molecule has 3 heterocycles. The maximum atomic E-state index is 6.04. The molecule has 2 aliphatic rings. The van der Waals surface area contributed by atoms with Crippen LogP contribution >= 0.6 is 22.7 Å². The molecule has 0 amide bonds. The first kappa shape index (κ1) is 13.2. The SMILES string of the molecule is NNC(c1cc2sccc2s1)C1CCOC2(CCC2)C1. The van der Waals surface area contributed by atoms with E-state index in [4.69, 9.17) is 10.6 Å². The Morgan fingerprint density at radius 3 is 3.00 bits per heavy atom. The van der Waals surface area contributed by atoms with Crippen molar-refractivity contribution in [3.63, 3.8) is 0 Å². The quantitative estimate of drug-likeness (QED) is 0.669. The van der Waals surface area contributed by atoms with Crippen molar-refractivity contribution in [1.29, 1.82) is 0 Å². The predicted octanol–water partition coefficient (Wildman–Crippen LogP) is 3.82. The fourth-order valence-electron chi connectivity index (χ4n) is 3.66. The molecule has 0 bridgehead atoms. The molecule has 3 N–H and O–H groups in total. The zero-order chi connectivity index (χ0) is 13.6. The van der Waals surface area contributed by atoms with Crippen LogP contribution in [0.1, 0.15) is 43.0 Å². The molecule has 5 heteroatoms. The van der Waals surface area contributed by atoms with Gasteiger partial charge in [0.15, 0.2) is 0 Å². The van der Waals surface area contributed by atoms with Gasteiger partial charge in [0.05, 0.1) is 11.6 Å². The molecule has 0 aromatic carbocycles. The molecule has 1 spiro atoms. The Bertz CT molecular complexity index is 573. The molecule has 4 rings (SSSR count). The topological polar surface area (TPSA) is 47.3 Å². The number of hydrazine groups is 1. The minimum atomic E-state index is 0.187. The molecule has 20 heavy (non-hydrogen) atoms. The normalized spacial score (nSPS) is 26.8. The highest BCUT2D eigenvalue weighted by Gasteiger charge is 2.44. The Balaban J connectivity index is 1.59. The summed E-state index contributed by atoms with van der Waals surface area (Å²) in [5.41, 5.74) is 3.27. The Hall–Kier alpha value is -0.460. The number of ether oxygens (including phenoxy) is 1. The lowest BCUT2D eigenvalue weighted by Gasteiger charge is -2.48. The third kappa shape index (κ3) is 2.12. The lowest BCUT2D eigenvalue weighted by molar-refractivity contribution is -0.147. The van der Waals surface area contributed by atoms with Gasteiger partial charge < -0.3 is 4.74 Å². The predicted molar refractivity (Wildman–Crippen MR) is 85.0 cm³/mol. The van der Waals surface area contributed by atoms with Gasteiger partial charge in [-0.2, -0.15) is 0 Å². The number of hydrogen-bond acceptors (Lipinski definition) is 5. The van der Waals surface area contributed by atoms with E-state index in [-0.39, 0.29) is 11.6 Å². The van der Waals surface area contributed by atoms with Crippen LogP contribution in [0.2, 0.25) is 0 Å². The first-order chi connectivity index (χ1) is 9.80. The third-order valence-corrected chi connectivity index (χ3v) is 7.09. The Labute approximate surface area is 127 Å². The fourth-order valence-corrected chi connectivity index (χ4v) is 5.93. The number of hydrogen-bond donors (Lipinski definition) is 2. The van der Waals surface area contributed by atoms with E-state index in [0.29, 0.717) is 5.92 Å². The molecule has 1 saturated heterocycles. The smallest absolute Gasteiger partial charge is 0.0686 e. The maximum Gasteiger partial charge on any atom is 0.0686 e. The summed E-state index contributed by atoms with van der Waals surface area (Å²) < 4.78 is 8.81. The van der Waals surface area contributed by atoms with Crippen LogP contribution in [0.4, 0.5) is 0 Å². The summed E-state index contributed by atoms with van der Waals surface area (Å²) in [4.78, 5) is 1.38. The molecule has 2 unspecified atom stereocenters. The minimum Gasteiger partial charge on any atom is -0.375 e. The standard InChI is InChI=1S/C15H20N2OS2/c16-17-14(13-8-12-11(20-13)3-7-19-12)10-2-6-18-15(9-10)4-1-5-15/h3,7-8,10,14,17H,1-2,4-6,9,16H2. The van der Waals surface area contributed by atoms with Crippen molar-refractivity contribution in [3.8, 4) is 0 Å². The molecule has 2 aromatic rings. The molecular weight excluding hydrogens is 288 g/mol. The van der Waals surface area contributed by atoms with Gasteiger partial charge >= 0.3 is 0 Å². The van der Waals surface area contributed by atoms with Crippen LogP contribution in [0.3, 0.4) is 0 Å². The second kappa shape index (κ2) is 5.07. The first-order valence-electron chi connectivity index (χ1n) is 7.37. The Kier molecular flexibility index (Phi) is 3.35. The summed E-state index contributed by atoms with van der Waals surface area (Å²) >= 11 is 3.70. The van der Waals surface area contributed by atoms with Crippen LogP contribution in [0.5, 0.6) is 0 Å². The highest BCUT2D eigenvalue weighted by molar-refractivity contribution is 7.26. The van der Waals surface area contributed by atoms with Crippen molar-refractivity contribution in [2.75, 3.05) is 6.61 Å². The lowest BCUT2D eigenvalue weighted by atomic mass is 9.70. The Morgan fingerprint density at radius 1 is 1.40 bits per heavy atom. The van der Waals surface area contributed by atoms with Crippen LogP contribution < -0.4 is 11.3 Å². The number of rotatable bonds is 3. The van der Waals surface area contributed by atoms with Gasteiger partial charge in [0.1, 0.15) is 0 Å². The van der Waals surface area contributed by atoms with Crippen LogP contribution in [-0.4, -0.2) is 12.2 Å². The summed E-state index contributed by atoms with van der Waals surface area (Å²) in [5.74, 6) is 6.49. The lowest BCUT2D eigenvalue weighted by Crippen LogP contribution is -2.48. The van der Waals surface area contributed by atoms with Crippen molar-refractivity contribution in [2.45, 2.75) is 43.7 Å². The van der Waals surface area contributed by atoms with Gasteiger partial charge in [0, 0.05) is 20.9 Å². The average Bonchev–Trinajstić information content (AvgIpc) is 2.99. The summed E-state index contributed by atoms with van der Waals surface area (Å²) in [7, 11) is 0. The molecule has 108 valence electrons. The van der Waals surface area contributed by atoms with Crippen LogP contribution in [0.15, 0.2) is 17.5 Å². The zero-order valence-electron chi connectivity index (χ0n) is 11.4. The number of nitrogens with two attached hydrogens (primary N) is 1. The van der Waals surface area contributed by atoms with E-state index in [1.807, 2.05) is 22.7 Å². The fraction of sp³-hybridized carbons (Fsp3) is 0.600. The summed E-state index contributed by atoms with van der Waals surface area (Å²) in [6, 6.07) is 4.80. The third-order valence-electron chi connectivity index (χ3n) is 4.91. The number of nitrogens with one attached hydrogen (secondary N) is 1. The van der Waals surface area contributed by atoms with Crippen molar-refractivity contribution >= 4 is 32.1 Å². The van der Waals surface area contributed by atoms with Gasteiger partial charge in [-0.15, -0.1) is 22.7 Å². The van der Waals surface area contributed by atoms with E-state index in [0.717, 1.165) is 19.4 Å². The molecule has 1 saturated carbocycles. The van der Waals surface area contributed by atoms with Crippen LogP contribution in [0, 0.1) is 5.92 Å². The molecule has 2 fully saturated rings. The van der Waals surface area contributed by atoms with E-state index >= 15 is 0 Å². The van der Waals surface area contributed by atoms with Crippen molar-refractivity contribution in [2.24, 2.45) is 11.8 Å². The van der Waals surface area contributed by atoms with Gasteiger partial charge in [-0.25, -0.2) is 0 Å². The van der Waals surface area contributed by atoms with Crippen molar-refractivity contribution in [1.82, 2.24) is 5.43 Å². The largest absolute Gasteiger partial charge is 0.375 e. The second-order valence-electron chi connectivity index (χ2n) is 6.08. The minimum absolute atomic E-state index is 0.187. The van der Waals surface area contributed by atoms with E-state index in [1.54, 1.807) is 0 Å². The summed E-state index contributed by atoms with van der Waals surface area (Å²) in [5, 5.41) is 2.16. The van der Waals surface area contributed by atoms with Crippen LogP contribution in [0.25, 0.3) is 9.40 Å². The molecule has 3 nitrogen and oxygen atoms in total. The zero-order valence-corrected chi connectivity index (χ0v) is 13.1. The summed E-state index contributed by atoms with van der Waals surface area (Å²) in [6.45, 7) is 0.891. The number of thiophene rings is 2. The highest BCUT2D eigenvalue weighted by Crippen LogP contribution is 2.48. The van der Waals surface area contributed by atoms with Gasteiger partial charge in [0.2, 0.25) is 0 Å². The molecule has 2 aromatic heterocycles. The number of fused-ring (bicyclic) bond motifs is 1. The first-order valence-corrected chi connectivity index (χ1v) is 9.06. The average molecular weight is 308 g/mol. The van der Waals surface area contributed by atoms with E-state index in [9.17, 15) is 0 Å². The van der Waals surface area contributed by atoms with Gasteiger partial charge in [0.25, 0.3) is 0 Å². The van der Waals surface area contributed by atoms with Gasteiger partial charge in [-0.3, -0.25) is 11.3 Å². The van der Waals surface area contributed by atoms with Gasteiger partial charge in [-0.1, -0.05) is 0 Å². The molecular formula is C15H20N2OS2. The van der Waals surface area contributed by atoms with Crippen molar-refractivity contribution < 1.29 is 4.74 Å². The van der Waals surface area contributed by atoms with E-state index in [1.165, 1.54) is 33.5 Å². The van der Waals surface area contributed by atoms with E-state index in [2.05, 4.69) is 22.9 Å². The van der Waals surface area contributed by atoms with Gasteiger partial charge in [-0.05, 0) is 55.5 Å². The maximum absolute atomic E-state index is 6.04. The molecule has 1 aliphatic heterocycles. The second-order valence-corrected chi connectivity index (χ2v) is 8.14. The molecule has 1 aliphatic carbocycles. The molecule has 2 atom stereocenters. The van der Waals surface area contributed by atoms with Crippen molar-refractivity contribution in [3.05, 3.63) is 22.4 Å². The summed E-state index contributed by atoms with van der Waals surface area (Å²) in [6.07, 6.45) is 6.07. The highest BCUT2D eigenvalue weighted by atomic mass is 32.1. The Morgan fingerprint density at radius 2 is 2.30 bits per heavy atom. The monoisotopic (exact) mass is 308 g/mol. The molecule has 0 radical (unpaired) electrons.